The lowest BCUT2D eigenvalue weighted by Gasteiger charge is -2.01. The largest absolute Gasteiger partial charge is 0.410 e. The second-order valence-electron chi connectivity index (χ2n) is 4.16. The summed E-state index contributed by atoms with van der Waals surface area (Å²) in [5.41, 5.74) is 7.36. The lowest BCUT2D eigenvalue weighted by atomic mass is 10.2. The molecule has 0 aliphatic rings. The molecule has 100 valence electrons. The van der Waals surface area contributed by atoms with Crippen LogP contribution in [-0.4, -0.2) is 15.5 Å². The van der Waals surface area contributed by atoms with Gasteiger partial charge in [-0.3, -0.25) is 0 Å². The first-order valence-corrected chi connectivity index (χ1v) is 6.64. The van der Waals surface area contributed by atoms with E-state index in [2.05, 4.69) is 20.9 Å². The number of halogens is 1. The number of carbonyl (C=O) groups excluding carboxylic acids is 1. The van der Waals surface area contributed by atoms with Gasteiger partial charge < -0.3 is 14.9 Å². The van der Waals surface area contributed by atoms with Gasteiger partial charge in [-0.05, 0) is 24.3 Å². The van der Waals surface area contributed by atoms with Crippen LogP contribution in [0.4, 0.5) is 4.79 Å². The standard InChI is InChI=1S/C14H10BrN3O2/c15-10-5-3-9(4-6-10)11-8-18-7-1-2-12(13(18)17-11)20-14(16)19/h1-8H,(H2,16,19). The molecule has 0 unspecified atom stereocenters. The van der Waals surface area contributed by atoms with Gasteiger partial charge in [-0.2, -0.15) is 0 Å². The van der Waals surface area contributed by atoms with E-state index in [4.69, 9.17) is 10.5 Å². The van der Waals surface area contributed by atoms with Crippen molar-refractivity contribution < 1.29 is 9.53 Å². The molecular formula is C14H10BrN3O2. The number of nitrogens with two attached hydrogens (primary N) is 1. The van der Waals surface area contributed by atoms with Crippen molar-refractivity contribution in [1.29, 1.82) is 0 Å². The Balaban J connectivity index is 2.10. The number of nitrogens with zero attached hydrogens (tertiary/aromatic N) is 2. The van der Waals surface area contributed by atoms with Gasteiger partial charge in [-0.15, -0.1) is 0 Å². The van der Waals surface area contributed by atoms with Gasteiger partial charge in [0.1, 0.15) is 0 Å². The molecule has 0 saturated carbocycles. The number of pyridine rings is 1. The van der Waals surface area contributed by atoms with E-state index in [1.165, 1.54) is 0 Å². The first-order valence-electron chi connectivity index (χ1n) is 5.84. The van der Waals surface area contributed by atoms with Crippen LogP contribution in [0.3, 0.4) is 0 Å². The maximum Gasteiger partial charge on any atom is 0.410 e. The Kier molecular flexibility index (Phi) is 3.15. The van der Waals surface area contributed by atoms with E-state index in [0.29, 0.717) is 11.4 Å². The number of primary amides is 1. The normalized spacial score (nSPS) is 10.7. The lowest BCUT2D eigenvalue weighted by molar-refractivity contribution is 0.211. The van der Waals surface area contributed by atoms with Crippen molar-refractivity contribution in [3.05, 3.63) is 53.3 Å². The van der Waals surface area contributed by atoms with Gasteiger partial charge in [-0.1, -0.05) is 28.1 Å². The summed E-state index contributed by atoms with van der Waals surface area (Å²) in [6.07, 6.45) is 2.84. The molecule has 0 radical (unpaired) electrons. The smallest absolute Gasteiger partial charge is 0.406 e. The quantitative estimate of drug-likeness (QED) is 0.783. The molecule has 6 heteroatoms. The van der Waals surface area contributed by atoms with E-state index < -0.39 is 6.09 Å². The van der Waals surface area contributed by atoms with Crippen LogP contribution in [0.5, 0.6) is 5.75 Å². The van der Waals surface area contributed by atoms with Crippen LogP contribution >= 0.6 is 15.9 Å². The van der Waals surface area contributed by atoms with Crippen molar-refractivity contribution in [2.45, 2.75) is 0 Å². The molecule has 20 heavy (non-hydrogen) atoms. The minimum atomic E-state index is -0.855. The van der Waals surface area contributed by atoms with Crippen LogP contribution in [0, 0.1) is 0 Å². The zero-order chi connectivity index (χ0) is 14.1. The molecular weight excluding hydrogens is 322 g/mol. The van der Waals surface area contributed by atoms with Crippen molar-refractivity contribution in [2.24, 2.45) is 5.73 Å². The average molecular weight is 332 g/mol. The molecule has 1 aromatic carbocycles. The number of rotatable bonds is 2. The molecule has 2 heterocycles. The van der Waals surface area contributed by atoms with E-state index in [1.54, 1.807) is 16.5 Å². The predicted molar refractivity (Wildman–Crippen MR) is 78.5 cm³/mol. The number of hydrogen-bond donors (Lipinski definition) is 1. The first-order chi connectivity index (χ1) is 9.63. The highest BCUT2D eigenvalue weighted by atomic mass is 79.9. The number of amides is 1. The summed E-state index contributed by atoms with van der Waals surface area (Å²) in [5, 5.41) is 0. The van der Waals surface area contributed by atoms with E-state index >= 15 is 0 Å². The Morgan fingerprint density at radius 1 is 1.25 bits per heavy atom. The highest BCUT2D eigenvalue weighted by Crippen LogP contribution is 2.25. The fraction of sp³-hybridized carbons (Fsp3) is 0. The summed E-state index contributed by atoms with van der Waals surface area (Å²) in [4.78, 5) is 15.4. The minimum absolute atomic E-state index is 0.336. The van der Waals surface area contributed by atoms with Crippen LogP contribution in [-0.2, 0) is 0 Å². The SMILES string of the molecule is NC(=O)Oc1cccn2cc(-c3ccc(Br)cc3)nc12. The molecule has 0 fully saturated rings. The van der Waals surface area contributed by atoms with Gasteiger partial charge in [0.2, 0.25) is 0 Å². The number of imidazole rings is 1. The number of hydrogen-bond acceptors (Lipinski definition) is 3. The summed E-state index contributed by atoms with van der Waals surface area (Å²) in [7, 11) is 0. The van der Waals surface area contributed by atoms with Crippen molar-refractivity contribution >= 4 is 27.7 Å². The summed E-state index contributed by atoms with van der Waals surface area (Å²) in [5.74, 6) is 0.336. The van der Waals surface area contributed by atoms with E-state index in [9.17, 15) is 4.79 Å². The van der Waals surface area contributed by atoms with Gasteiger partial charge in [-0.25, -0.2) is 9.78 Å². The van der Waals surface area contributed by atoms with Gasteiger partial charge in [0.05, 0.1) is 5.69 Å². The highest BCUT2D eigenvalue weighted by Gasteiger charge is 2.10. The summed E-state index contributed by atoms with van der Waals surface area (Å²) in [6.45, 7) is 0. The third kappa shape index (κ3) is 2.37. The molecule has 2 aromatic heterocycles. The Bertz CT molecular complexity index is 781. The number of carbonyl (C=O) groups is 1. The number of ether oxygens (including phenoxy) is 1. The molecule has 3 aromatic rings. The van der Waals surface area contributed by atoms with Gasteiger partial charge >= 0.3 is 6.09 Å². The minimum Gasteiger partial charge on any atom is -0.406 e. The van der Waals surface area contributed by atoms with Crippen molar-refractivity contribution in [3.63, 3.8) is 0 Å². The molecule has 2 N–H and O–H groups in total. The number of aromatic nitrogens is 2. The van der Waals surface area contributed by atoms with E-state index in [1.807, 2.05) is 36.7 Å². The fourth-order valence-electron chi connectivity index (χ4n) is 1.94. The molecule has 3 rings (SSSR count). The Morgan fingerprint density at radius 3 is 2.70 bits per heavy atom. The van der Waals surface area contributed by atoms with Crippen LogP contribution < -0.4 is 10.5 Å². The average Bonchev–Trinajstić information content (AvgIpc) is 2.84. The fourth-order valence-corrected chi connectivity index (χ4v) is 2.20. The van der Waals surface area contributed by atoms with Crippen molar-refractivity contribution in [1.82, 2.24) is 9.38 Å². The molecule has 0 spiro atoms. The van der Waals surface area contributed by atoms with Crippen molar-refractivity contribution in [3.8, 4) is 17.0 Å². The van der Waals surface area contributed by atoms with Crippen LogP contribution in [0.25, 0.3) is 16.9 Å². The Labute approximate surface area is 123 Å². The number of benzene rings is 1. The molecule has 0 atom stereocenters. The topological polar surface area (TPSA) is 69.6 Å². The molecule has 1 amide bonds. The summed E-state index contributed by atoms with van der Waals surface area (Å²) >= 11 is 3.39. The van der Waals surface area contributed by atoms with Gasteiger partial charge in [0, 0.05) is 22.4 Å². The molecule has 5 nitrogen and oxygen atoms in total. The summed E-state index contributed by atoms with van der Waals surface area (Å²) in [6, 6.07) is 11.2. The second kappa shape index (κ2) is 4.97. The third-order valence-corrected chi connectivity index (χ3v) is 3.33. The Hall–Kier alpha value is -2.34. The third-order valence-electron chi connectivity index (χ3n) is 2.80. The van der Waals surface area contributed by atoms with E-state index in [0.717, 1.165) is 15.7 Å². The Morgan fingerprint density at radius 2 is 2.00 bits per heavy atom. The van der Waals surface area contributed by atoms with Gasteiger partial charge in [0.15, 0.2) is 11.4 Å². The molecule has 0 aliphatic heterocycles. The van der Waals surface area contributed by atoms with Crippen LogP contribution in [0.15, 0.2) is 53.3 Å². The van der Waals surface area contributed by atoms with E-state index in [-0.39, 0.29) is 0 Å². The molecule has 0 aliphatic carbocycles. The monoisotopic (exact) mass is 331 g/mol. The van der Waals surface area contributed by atoms with Crippen LogP contribution in [0.2, 0.25) is 0 Å². The zero-order valence-electron chi connectivity index (χ0n) is 10.3. The lowest BCUT2D eigenvalue weighted by Crippen LogP contribution is -2.16. The van der Waals surface area contributed by atoms with Crippen molar-refractivity contribution in [2.75, 3.05) is 0 Å². The first kappa shape index (κ1) is 12.7. The maximum atomic E-state index is 10.9. The highest BCUT2D eigenvalue weighted by molar-refractivity contribution is 9.10. The maximum absolute atomic E-state index is 10.9. The zero-order valence-corrected chi connectivity index (χ0v) is 11.9. The molecule has 0 bridgehead atoms. The van der Waals surface area contributed by atoms with Crippen LogP contribution in [0.1, 0.15) is 0 Å². The number of fused-ring (bicyclic) bond motifs is 1. The second-order valence-corrected chi connectivity index (χ2v) is 5.07. The summed E-state index contributed by atoms with van der Waals surface area (Å²) < 4.78 is 7.73. The predicted octanol–water partition coefficient (Wildman–Crippen LogP) is 3.22. The van der Waals surface area contributed by atoms with Gasteiger partial charge in [0.25, 0.3) is 0 Å². The molecule has 0 saturated heterocycles.